The van der Waals surface area contributed by atoms with Crippen LogP contribution in [-0.4, -0.2) is 110 Å². The number of unbranched alkanes of at least 4 members (excludes halogenated alkanes) is 10. The molecule has 0 radical (unpaired) electrons. The Balaban J connectivity index is 5.46. The van der Waals surface area contributed by atoms with Crippen LogP contribution in [0.4, 0.5) is 0 Å². The second-order valence-corrected chi connectivity index (χ2v) is 19.7. The third kappa shape index (κ3) is 39.0. The van der Waals surface area contributed by atoms with Crippen LogP contribution in [0.15, 0.2) is 48.6 Å². The number of phosphoric ester groups is 2. The second kappa shape index (κ2) is 38.9. The summed E-state index contributed by atoms with van der Waals surface area (Å²) >= 11 is 1.13. The summed E-state index contributed by atoms with van der Waals surface area (Å²) in [6.07, 6.45) is 27.5. The van der Waals surface area contributed by atoms with Gasteiger partial charge in [0.1, 0.15) is 18.8 Å². The van der Waals surface area contributed by atoms with E-state index in [9.17, 15) is 38.6 Å². The number of carbonyl (C=O) groups is 3. The predicted molar refractivity (Wildman–Crippen MR) is 249 cm³/mol. The lowest BCUT2D eigenvalue weighted by Crippen LogP contribution is -2.40. The third-order valence-corrected chi connectivity index (χ3v) is 12.6. The number of carboxylic acids is 1. The molecular formula is C44H79NO16P2S. The van der Waals surface area contributed by atoms with Gasteiger partial charge in [0.05, 0.1) is 25.9 Å². The van der Waals surface area contributed by atoms with E-state index >= 15 is 0 Å². The molecule has 2 unspecified atom stereocenters. The van der Waals surface area contributed by atoms with Crippen molar-refractivity contribution in [1.29, 1.82) is 0 Å². The van der Waals surface area contributed by atoms with Crippen LogP contribution in [-0.2, 0) is 46.6 Å². The van der Waals surface area contributed by atoms with E-state index in [0.717, 1.165) is 56.2 Å². The zero-order valence-electron chi connectivity index (χ0n) is 38.2. The van der Waals surface area contributed by atoms with Crippen LogP contribution in [0.25, 0.3) is 0 Å². The molecule has 0 aliphatic rings. The zero-order chi connectivity index (χ0) is 48.1. The lowest BCUT2D eigenvalue weighted by atomic mass is 9.99. The Kier molecular flexibility index (Phi) is 37.6. The van der Waals surface area contributed by atoms with Crippen molar-refractivity contribution in [2.24, 2.45) is 11.7 Å². The highest BCUT2D eigenvalue weighted by atomic mass is 32.2. The Hall–Kier alpha value is -2.18. The molecule has 0 fully saturated rings. The molecule has 0 saturated carbocycles. The number of phosphoric acid groups is 2. The summed E-state index contributed by atoms with van der Waals surface area (Å²) in [4.78, 5) is 64.6. The van der Waals surface area contributed by atoms with Crippen molar-refractivity contribution in [3.05, 3.63) is 48.6 Å². The summed E-state index contributed by atoms with van der Waals surface area (Å²) in [5.74, 6) is -1.88. The number of hydrogen-bond acceptors (Lipinski definition) is 14. The van der Waals surface area contributed by atoms with Gasteiger partial charge in [0.15, 0.2) is 6.10 Å². The highest BCUT2D eigenvalue weighted by Crippen LogP contribution is 2.44. The maximum Gasteiger partial charge on any atom is 0.472 e. The summed E-state index contributed by atoms with van der Waals surface area (Å²) in [5, 5.41) is 29.2. The zero-order valence-corrected chi connectivity index (χ0v) is 40.8. The summed E-state index contributed by atoms with van der Waals surface area (Å²) in [5.41, 5.74) is 6.18. The van der Waals surface area contributed by atoms with Gasteiger partial charge in [-0.25, -0.2) is 9.13 Å². The fourth-order valence-corrected chi connectivity index (χ4v) is 8.03. The molecule has 17 nitrogen and oxygen atoms in total. The van der Waals surface area contributed by atoms with Crippen LogP contribution in [0.5, 0.6) is 0 Å². The largest absolute Gasteiger partial charge is 0.481 e. The quantitative estimate of drug-likeness (QED) is 0.00997. The monoisotopic (exact) mass is 971 g/mol. The van der Waals surface area contributed by atoms with Gasteiger partial charge in [0.2, 0.25) is 0 Å². The van der Waals surface area contributed by atoms with E-state index in [2.05, 4.69) is 42.0 Å². The van der Waals surface area contributed by atoms with Crippen LogP contribution in [0.1, 0.15) is 143 Å². The Bertz CT molecular complexity index is 1460. The molecule has 0 aromatic rings. The van der Waals surface area contributed by atoms with Crippen molar-refractivity contribution >= 4 is 45.3 Å². The Morgan fingerprint density at radius 3 is 2.02 bits per heavy atom. The number of thioether (sulfide) groups is 1. The number of nitrogens with two attached hydrogens (primary N) is 1. The van der Waals surface area contributed by atoms with Crippen LogP contribution < -0.4 is 5.73 Å². The molecule has 0 saturated heterocycles. The molecule has 0 aliphatic heterocycles. The molecule has 64 heavy (non-hydrogen) atoms. The van der Waals surface area contributed by atoms with Gasteiger partial charge >= 0.3 is 33.6 Å². The van der Waals surface area contributed by atoms with Crippen molar-refractivity contribution in [1.82, 2.24) is 0 Å². The van der Waals surface area contributed by atoms with E-state index < -0.39 is 89.6 Å². The normalized spacial score (nSPS) is 16.3. The molecule has 372 valence electrons. The summed E-state index contributed by atoms with van der Waals surface area (Å²) in [6, 6.07) is -1.29. The van der Waals surface area contributed by atoms with E-state index in [1.54, 1.807) is 18.2 Å². The first-order valence-electron chi connectivity index (χ1n) is 22.7. The number of carboxylic acid groups (broad SMARTS) is 1. The molecule has 0 aromatic heterocycles. The Morgan fingerprint density at radius 2 is 1.36 bits per heavy atom. The number of esters is 2. The fraction of sp³-hybridized carbons (Fsp3) is 0.750. The van der Waals surface area contributed by atoms with Gasteiger partial charge in [-0.1, -0.05) is 140 Å². The molecule has 0 aliphatic carbocycles. The topological polar surface area (TPSA) is 279 Å². The SMILES string of the molecule is CCCCC/C=C\C\C=C/C=C/C=C/[C@@H](SC[C@H](N)C(=O)O[C@H](COC(=O)CCCCCCCCCCC(C)CC)COP(=O)(O)OC[C@@H](O)COP(=O)(O)O)[C@@H](O)CCCC(=O)O. The number of ether oxygens (including phenoxy) is 2. The van der Waals surface area contributed by atoms with Crippen LogP contribution in [0.2, 0.25) is 0 Å². The molecule has 20 heteroatoms. The van der Waals surface area contributed by atoms with Gasteiger partial charge in [-0.05, 0) is 44.4 Å². The number of aliphatic hydroxyl groups is 2. The van der Waals surface area contributed by atoms with Gasteiger partial charge in [-0.15, -0.1) is 11.8 Å². The molecule has 0 spiro atoms. The van der Waals surface area contributed by atoms with E-state index in [0.29, 0.717) is 6.42 Å². The van der Waals surface area contributed by atoms with Crippen molar-refractivity contribution in [2.75, 3.05) is 32.2 Å². The fourth-order valence-electron chi connectivity index (χ4n) is 5.75. The first-order chi connectivity index (χ1) is 30.4. The average molecular weight is 972 g/mol. The number of rotatable bonds is 42. The standard InChI is InChI=1S/C44H79NO16P2S/c1-4-6-7-8-9-10-11-12-13-17-20-23-28-41(40(47)27-25-29-42(48)49)64-35-39(45)44(51)61-38(34-60-63(55,56)59-32-37(46)31-58-62(52,53)54)33-57-43(50)30-24-21-18-15-14-16-19-22-26-36(3)5-2/h9-10,12-13,17,20,23,28,36-41,46-47H,4-8,11,14-16,18-19,21-22,24-27,29-35,45H2,1-3H3,(H,48,49)(H,55,56)(H2,52,53,54)/b10-9-,13-12-,20-17+,28-23+/t36?,37-,38+,39-,40-,41+/m0/s1. The van der Waals surface area contributed by atoms with Crippen molar-refractivity contribution in [3.8, 4) is 0 Å². The third-order valence-electron chi connectivity index (χ3n) is 9.75. The molecular weight excluding hydrogens is 892 g/mol. The van der Waals surface area contributed by atoms with Gasteiger partial charge in [-0.2, -0.15) is 0 Å². The number of aliphatic carboxylic acids is 1. The van der Waals surface area contributed by atoms with E-state index in [4.69, 9.17) is 34.6 Å². The van der Waals surface area contributed by atoms with Gasteiger partial charge in [0.25, 0.3) is 0 Å². The molecule has 0 rings (SSSR count). The maximum absolute atomic E-state index is 13.2. The molecule has 0 bridgehead atoms. The number of aliphatic hydroxyl groups excluding tert-OH is 2. The molecule has 0 heterocycles. The van der Waals surface area contributed by atoms with Gasteiger partial charge in [-0.3, -0.25) is 28.0 Å². The van der Waals surface area contributed by atoms with E-state index in [-0.39, 0.29) is 31.4 Å². The van der Waals surface area contributed by atoms with E-state index in [1.807, 2.05) is 18.2 Å². The lowest BCUT2D eigenvalue weighted by Gasteiger charge is -2.23. The predicted octanol–water partition coefficient (Wildman–Crippen LogP) is 8.23. The first kappa shape index (κ1) is 61.8. The van der Waals surface area contributed by atoms with Crippen molar-refractivity contribution in [3.63, 3.8) is 0 Å². The number of allylic oxidation sites excluding steroid dienone is 7. The summed E-state index contributed by atoms with van der Waals surface area (Å²) in [6.45, 7) is 3.42. The van der Waals surface area contributed by atoms with Gasteiger partial charge in [0, 0.05) is 23.8 Å². The number of hydrogen-bond donors (Lipinski definition) is 7. The van der Waals surface area contributed by atoms with Gasteiger partial charge < -0.3 is 45.2 Å². The molecule has 0 aromatic carbocycles. The average Bonchev–Trinajstić information content (AvgIpc) is 3.24. The summed E-state index contributed by atoms with van der Waals surface area (Å²) < 4.78 is 48.0. The minimum absolute atomic E-state index is 0.0698. The molecule has 7 atom stereocenters. The second-order valence-electron chi connectivity index (χ2n) is 15.8. The first-order valence-corrected chi connectivity index (χ1v) is 26.7. The van der Waals surface area contributed by atoms with Crippen LogP contribution in [0, 0.1) is 5.92 Å². The Morgan fingerprint density at radius 1 is 0.719 bits per heavy atom. The smallest absolute Gasteiger partial charge is 0.472 e. The highest BCUT2D eigenvalue weighted by Gasteiger charge is 2.30. The molecule has 0 amide bonds. The minimum atomic E-state index is -4.97. The summed E-state index contributed by atoms with van der Waals surface area (Å²) in [7, 11) is -9.90. The molecule has 8 N–H and O–H groups in total. The van der Waals surface area contributed by atoms with Crippen LogP contribution >= 0.6 is 27.4 Å². The highest BCUT2D eigenvalue weighted by molar-refractivity contribution is 8.00. The minimum Gasteiger partial charge on any atom is -0.481 e. The maximum atomic E-state index is 13.2. The number of carbonyl (C=O) groups excluding carboxylic acids is 2. The van der Waals surface area contributed by atoms with Crippen molar-refractivity contribution < 1.29 is 76.6 Å². The van der Waals surface area contributed by atoms with E-state index in [1.165, 1.54) is 51.4 Å². The van der Waals surface area contributed by atoms with Crippen molar-refractivity contribution in [2.45, 2.75) is 172 Å². The Labute approximate surface area is 385 Å². The van der Waals surface area contributed by atoms with Crippen LogP contribution in [0.3, 0.4) is 0 Å². The lowest BCUT2D eigenvalue weighted by molar-refractivity contribution is -0.161.